The lowest BCUT2D eigenvalue weighted by molar-refractivity contribution is 0.425. The van der Waals surface area contributed by atoms with Crippen LogP contribution in [0.1, 0.15) is 31.4 Å². The minimum atomic E-state index is -0.656. The van der Waals surface area contributed by atoms with Crippen LogP contribution < -0.4 is 16.6 Å². The van der Waals surface area contributed by atoms with Gasteiger partial charge in [0.15, 0.2) is 11.5 Å². The number of hydrogen-bond acceptors (Lipinski definition) is 6. The van der Waals surface area contributed by atoms with Crippen molar-refractivity contribution in [3.8, 4) is 11.5 Å². The summed E-state index contributed by atoms with van der Waals surface area (Å²) in [6.07, 6.45) is 1.72. The van der Waals surface area contributed by atoms with E-state index in [1.807, 2.05) is 69.8 Å². The van der Waals surface area contributed by atoms with Crippen LogP contribution in [0.15, 0.2) is 52.1 Å². The number of benzene rings is 2. The van der Waals surface area contributed by atoms with Crippen molar-refractivity contribution < 1.29 is 0 Å². The first-order chi connectivity index (χ1) is 16.4. The van der Waals surface area contributed by atoms with E-state index in [1.165, 1.54) is 5.56 Å². The highest BCUT2D eigenvalue weighted by molar-refractivity contribution is 5.84. The minimum absolute atomic E-state index is 0.185. The van der Waals surface area contributed by atoms with Crippen LogP contribution in [-0.4, -0.2) is 51.6 Å². The van der Waals surface area contributed by atoms with Crippen LogP contribution in [0.25, 0.3) is 22.6 Å². The molecular weight excluding hydrogens is 428 g/mol. The van der Waals surface area contributed by atoms with Crippen LogP contribution in [0, 0.1) is 6.92 Å². The van der Waals surface area contributed by atoms with Gasteiger partial charge >= 0.3 is 5.69 Å². The Balaban J connectivity index is 0.00000158. The van der Waals surface area contributed by atoms with Crippen molar-refractivity contribution >= 4 is 16.7 Å². The van der Waals surface area contributed by atoms with Crippen LogP contribution in [0.4, 0.5) is 5.69 Å². The summed E-state index contributed by atoms with van der Waals surface area (Å²) >= 11 is 0. The Hall–Kier alpha value is -3.52. The SMILES string of the molecule is CC.Cc1cc2nc3c(=O)[nH]c(=O)nc-3n(CCCc3ccccc3)c2cc1NCCN(C)C. The van der Waals surface area contributed by atoms with E-state index >= 15 is 0 Å². The van der Waals surface area contributed by atoms with Gasteiger partial charge in [0.25, 0.3) is 5.56 Å². The second-order valence-corrected chi connectivity index (χ2v) is 8.28. The van der Waals surface area contributed by atoms with Crippen molar-refractivity contribution in [1.82, 2.24) is 24.4 Å². The number of hydrogen-bond donors (Lipinski definition) is 2. The fourth-order valence-corrected chi connectivity index (χ4v) is 3.86. The van der Waals surface area contributed by atoms with E-state index in [2.05, 4.69) is 37.3 Å². The smallest absolute Gasteiger partial charge is 0.349 e. The van der Waals surface area contributed by atoms with Crippen molar-refractivity contribution in [1.29, 1.82) is 0 Å². The molecule has 0 aromatic heterocycles. The Morgan fingerprint density at radius 3 is 2.50 bits per heavy atom. The number of nitrogens with zero attached hydrogens (tertiary/aromatic N) is 4. The molecule has 0 aliphatic carbocycles. The molecule has 0 unspecified atom stereocenters. The van der Waals surface area contributed by atoms with Gasteiger partial charge in [-0.25, -0.2) is 9.78 Å². The zero-order chi connectivity index (χ0) is 24.7. The number of aryl methyl sites for hydroxylation is 3. The fourth-order valence-electron chi connectivity index (χ4n) is 3.86. The van der Waals surface area contributed by atoms with Crippen LogP contribution >= 0.6 is 0 Å². The quantitative estimate of drug-likeness (QED) is 0.389. The molecule has 180 valence electrons. The van der Waals surface area contributed by atoms with Crippen molar-refractivity contribution in [2.24, 2.45) is 0 Å². The third kappa shape index (κ3) is 5.88. The second kappa shape index (κ2) is 11.6. The van der Waals surface area contributed by atoms with Crippen molar-refractivity contribution in [2.75, 3.05) is 32.5 Å². The van der Waals surface area contributed by atoms with Crippen LogP contribution in [0.3, 0.4) is 0 Å². The molecule has 0 saturated carbocycles. The van der Waals surface area contributed by atoms with Crippen LogP contribution in [0.5, 0.6) is 0 Å². The Kier molecular flexibility index (Phi) is 8.54. The van der Waals surface area contributed by atoms with Crippen LogP contribution in [0.2, 0.25) is 0 Å². The van der Waals surface area contributed by atoms with E-state index in [4.69, 9.17) is 0 Å². The van der Waals surface area contributed by atoms with Gasteiger partial charge in [-0.2, -0.15) is 4.98 Å². The normalized spacial score (nSPS) is 11.0. The largest absolute Gasteiger partial charge is 0.383 e. The monoisotopic (exact) mass is 462 g/mol. The molecule has 4 rings (SSSR count). The summed E-state index contributed by atoms with van der Waals surface area (Å²) in [6.45, 7) is 8.34. The van der Waals surface area contributed by atoms with Gasteiger partial charge in [0.05, 0.1) is 11.0 Å². The molecule has 2 N–H and O–H groups in total. The first-order valence-electron chi connectivity index (χ1n) is 11.8. The van der Waals surface area contributed by atoms with Gasteiger partial charge in [0.1, 0.15) is 0 Å². The lowest BCUT2D eigenvalue weighted by atomic mass is 10.1. The number of anilines is 1. The molecule has 0 atom stereocenters. The van der Waals surface area contributed by atoms with E-state index < -0.39 is 11.2 Å². The maximum atomic E-state index is 12.5. The molecule has 0 amide bonds. The van der Waals surface area contributed by atoms with Crippen molar-refractivity contribution in [3.05, 3.63) is 74.4 Å². The molecule has 0 bridgehead atoms. The van der Waals surface area contributed by atoms with Crippen molar-refractivity contribution in [3.63, 3.8) is 0 Å². The minimum Gasteiger partial charge on any atom is -0.383 e. The first-order valence-corrected chi connectivity index (χ1v) is 11.8. The summed E-state index contributed by atoms with van der Waals surface area (Å²) < 4.78 is 1.95. The third-order valence-electron chi connectivity index (χ3n) is 5.52. The molecule has 2 aromatic carbocycles. The topological polar surface area (TPSA) is 95.9 Å². The van der Waals surface area contributed by atoms with Gasteiger partial charge < -0.3 is 14.8 Å². The number of aromatic amines is 1. The fraction of sp³-hybridized carbons (Fsp3) is 0.385. The Morgan fingerprint density at radius 2 is 1.79 bits per heavy atom. The highest BCUT2D eigenvalue weighted by atomic mass is 16.2. The summed E-state index contributed by atoms with van der Waals surface area (Å²) in [6, 6.07) is 14.3. The van der Waals surface area contributed by atoms with E-state index in [0.29, 0.717) is 17.9 Å². The van der Waals surface area contributed by atoms with Gasteiger partial charge in [0.2, 0.25) is 0 Å². The molecule has 2 aromatic rings. The van der Waals surface area contributed by atoms with Crippen molar-refractivity contribution in [2.45, 2.75) is 40.2 Å². The first kappa shape index (κ1) is 25.1. The summed E-state index contributed by atoms with van der Waals surface area (Å²) in [7, 11) is 4.07. The number of rotatable bonds is 8. The van der Waals surface area contributed by atoms with Gasteiger partial charge in [-0.15, -0.1) is 0 Å². The number of likely N-dealkylation sites (N-methyl/N-ethyl adjacent to an activating group) is 1. The van der Waals surface area contributed by atoms with Gasteiger partial charge in [-0.05, 0) is 57.1 Å². The Bertz CT molecular complexity index is 1310. The average Bonchev–Trinajstić information content (AvgIpc) is 2.81. The van der Waals surface area contributed by atoms with Gasteiger partial charge in [-0.3, -0.25) is 9.78 Å². The molecule has 2 aliphatic heterocycles. The van der Waals surface area contributed by atoms with Crippen LogP contribution in [-0.2, 0) is 13.0 Å². The van der Waals surface area contributed by atoms with E-state index in [1.54, 1.807) is 0 Å². The van der Waals surface area contributed by atoms with E-state index in [0.717, 1.165) is 42.7 Å². The molecular formula is C26H34N6O2. The summed E-state index contributed by atoms with van der Waals surface area (Å²) in [5.74, 6) is 0.322. The zero-order valence-electron chi connectivity index (χ0n) is 20.7. The lowest BCUT2D eigenvalue weighted by Crippen LogP contribution is -2.29. The highest BCUT2D eigenvalue weighted by Gasteiger charge is 2.19. The number of nitrogens with one attached hydrogen (secondary N) is 2. The van der Waals surface area contributed by atoms with Gasteiger partial charge in [0, 0.05) is 25.3 Å². The number of H-pyrrole nitrogens is 1. The maximum absolute atomic E-state index is 12.5. The zero-order valence-corrected chi connectivity index (χ0v) is 20.7. The van der Waals surface area contributed by atoms with E-state index in [-0.39, 0.29) is 5.69 Å². The highest BCUT2D eigenvalue weighted by Crippen LogP contribution is 2.27. The third-order valence-corrected chi connectivity index (χ3v) is 5.52. The molecule has 0 radical (unpaired) electrons. The number of fused-ring (bicyclic) bond motifs is 2. The number of aromatic nitrogens is 4. The molecule has 2 aliphatic rings. The van der Waals surface area contributed by atoms with E-state index in [9.17, 15) is 9.59 Å². The lowest BCUT2D eigenvalue weighted by Gasteiger charge is -2.19. The molecule has 0 spiro atoms. The predicted molar refractivity (Wildman–Crippen MR) is 139 cm³/mol. The molecule has 34 heavy (non-hydrogen) atoms. The molecule has 2 heterocycles. The average molecular weight is 463 g/mol. The molecule has 0 saturated heterocycles. The van der Waals surface area contributed by atoms with Gasteiger partial charge in [-0.1, -0.05) is 44.2 Å². The predicted octanol–water partition coefficient (Wildman–Crippen LogP) is 3.53. The molecule has 8 heteroatoms. The standard InChI is InChI=1S/C24H28N6O2.C2H6/c1-16-14-19-20(15-18(16)25-11-13-29(2)3)30(12-7-10-17-8-5-4-6-9-17)22-21(26-19)23(31)28-24(32)27-22;1-2/h4-6,8-9,14-15,25H,7,10-13H2,1-3H3,(H,28,31,32);1-2H3. The summed E-state index contributed by atoms with van der Waals surface area (Å²) in [5.41, 5.74) is 3.87. The Morgan fingerprint density at radius 1 is 1.06 bits per heavy atom. The Labute approximate surface area is 200 Å². The molecule has 8 nitrogen and oxygen atoms in total. The molecule has 0 fully saturated rings. The second-order valence-electron chi connectivity index (χ2n) is 8.28. The summed E-state index contributed by atoms with van der Waals surface area (Å²) in [4.78, 5) is 37.5. The summed E-state index contributed by atoms with van der Waals surface area (Å²) in [5, 5.41) is 3.48. The maximum Gasteiger partial charge on any atom is 0.349 e.